The Morgan fingerprint density at radius 1 is 1.28 bits per heavy atom. The highest BCUT2D eigenvalue weighted by atomic mass is 31.2. The van der Waals surface area contributed by atoms with E-state index in [0.29, 0.717) is 6.07 Å². The number of fused-ring (bicyclic) bond motifs is 1. The maximum Gasteiger partial charge on any atom is 0.417 e. The van der Waals surface area contributed by atoms with Gasteiger partial charge in [-0.25, -0.2) is 0 Å². The molecule has 2 rings (SSSR count). The van der Waals surface area contributed by atoms with E-state index < -0.39 is 37.4 Å². The molecule has 0 aliphatic rings. The lowest BCUT2D eigenvalue weighted by Gasteiger charge is -2.29. The summed E-state index contributed by atoms with van der Waals surface area (Å²) in [5, 5.41) is -0.348. The molecule has 1 heterocycles. The van der Waals surface area contributed by atoms with E-state index in [-0.39, 0.29) is 22.2 Å². The summed E-state index contributed by atoms with van der Waals surface area (Å²) in [5.74, 6) is -1.53. The van der Waals surface area contributed by atoms with E-state index in [1.54, 1.807) is 0 Å². The minimum absolute atomic E-state index is 0.0904. The van der Waals surface area contributed by atoms with Crippen molar-refractivity contribution in [1.82, 2.24) is 4.57 Å². The van der Waals surface area contributed by atoms with Crippen molar-refractivity contribution in [3.63, 3.8) is 0 Å². The third-order valence-electron chi connectivity index (χ3n) is 3.35. The van der Waals surface area contributed by atoms with Crippen LogP contribution in [0.25, 0.3) is 10.9 Å². The van der Waals surface area contributed by atoms with Crippen molar-refractivity contribution in [2.45, 2.75) is 12.3 Å². The smallest absolute Gasteiger partial charge is 0.417 e. The number of hydrogen-bond acceptors (Lipinski definition) is 4. The standard InChI is InChI=1S/C13H14F3N4O4P/c1-20-9-3-6(5-25(22,23)24)2-8(13(14,15)16)7(9)4-10(20)11(21)19-12(17)18/h2-4H,5H2,1H3,(H2,22,23,24)(H4,17,18,19,21)/p-2. The topological polar surface area (TPSA) is 150 Å². The molecule has 0 aliphatic carbocycles. The van der Waals surface area contributed by atoms with Crippen LogP contribution in [0.2, 0.25) is 0 Å². The number of hydrogen-bond donors (Lipinski definition) is 2. The molecule has 0 saturated carbocycles. The molecule has 0 unspecified atom stereocenters. The molecule has 0 spiro atoms. The fraction of sp³-hybridized carbons (Fsp3) is 0.231. The zero-order valence-corrected chi connectivity index (χ0v) is 13.6. The maximum absolute atomic E-state index is 13.3. The number of rotatable bonds is 3. The van der Waals surface area contributed by atoms with Gasteiger partial charge in [0.05, 0.1) is 5.56 Å². The minimum atomic E-state index is -5.08. The maximum atomic E-state index is 13.3. The monoisotopic (exact) mass is 376 g/mol. The van der Waals surface area contributed by atoms with E-state index in [0.717, 1.165) is 16.7 Å². The van der Waals surface area contributed by atoms with Gasteiger partial charge in [0.25, 0.3) is 5.91 Å². The first kappa shape index (κ1) is 19.0. The first-order chi connectivity index (χ1) is 11.3. The Hall–Kier alpha value is -2.36. The Kier molecular flexibility index (Phi) is 4.69. The Morgan fingerprint density at radius 3 is 2.36 bits per heavy atom. The SMILES string of the molecule is Cn1c(C(=O)N=C(N)N)cc2c(C(F)(F)F)cc(CP(=O)([O-])[O-])cc21. The van der Waals surface area contributed by atoms with Gasteiger partial charge in [-0.2, -0.15) is 18.2 Å². The van der Waals surface area contributed by atoms with Crippen molar-refractivity contribution in [2.75, 3.05) is 0 Å². The van der Waals surface area contributed by atoms with Crippen LogP contribution < -0.4 is 21.3 Å². The lowest BCUT2D eigenvalue weighted by Crippen LogP contribution is -2.24. The number of halogens is 3. The molecule has 1 amide bonds. The van der Waals surface area contributed by atoms with Crippen LogP contribution in [0, 0.1) is 0 Å². The number of alkyl halides is 3. The van der Waals surface area contributed by atoms with Gasteiger partial charge in [0, 0.05) is 24.1 Å². The lowest BCUT2D eigenvalue weighted by atomic mass is 10.1. The van der Waals surface area contributed by atoms with Gasteiger partial charge in [0.2, 0.25) is 0 Å². The van der Waals surface area contributed by atoms with Crippen molar-refractivity contribution in [3.8, 4) is 0 Å². The molecule has 12 heteroatoms. The summed E-state index contributed by atoms with van der Waals surface area (Å²) in [6.07, 6.45) is -5.92. The van der Waals surface area contributed by atoms with Crippen molar-refractivity contribution in [3.05, 3.63) is 35.0 Å². The molecule has 0 fully saturated rings. The second-order valence-corrected chi connectivity index (χ2v) is 6.81. The predicted octanol–water partition coefficient (Wildman–Crippen LogP) is 0.0244. The summed E-state index contributed by atoms with van der Waals surface area (Å²) in [4.78, 5) is 37.0. The second kappa shape index (κ2) is 6.17. The average Bonchev–Trinajstić information content (AvgIpc) is 2.72. The van der Waals surface area contributed by atoms with E-state index in [9.17, 15) is 32.3 Å². The van der Waals surface area contributed by atoms with E-state index >= 15 is 0 Å². The van der Waals surface area contributed by atoms with Gasteiger partial charge < -0.3 is 30.4 Å². The lowest BCUT2D eigenvalue weighted by molar-refractivity contribution is -0.314. The minimum Gasteiger partial charge on any atom is -0.810 e. The Labute approximate surface area is 139 Å². The predicted molar refractivity (Wildman–Crippen MR) is 79.4 cm³/mol. The molecular weight excluding hydrogens is 364 g/mol. The van der Waals surface area contributed by atoms with Gasteiger partial charge in [-0.15, -0.1) is 0 Å². The van der Waals surface area contributed by atoms with Crippen LogP contribution in [0.3, 0.4) is 0 Å². The van der Waals surface area contributed by atoms with Gasteiger partial charge in [-0.1, -0.05) is 7.60 Å². The third kappa shape index (κ3) is 4.19. The summed E-state index contributed by atoms with van der Waals surface area (Å²) in [5.41, 5.74) is 8.33. The molecule has 1 aromatic heterocycles. The molecule has 0 aliphatic heterocycles. The molecule has 2 aromatic rings. The average molecular weight is 376 g/mol. The van der Waals surface area contributed by atoms with Crippen molar-refractivity contribution >= 4 is 30.4 Å². The highest BCUT2D eigenvalue weighted by Crippen LogP contribution is 2.39. The number of guanidine groups is 1. The summed E-state index contributed by atoms with van der Waals surface area (Å²) >= 11 is 0. The summed E-state index contributed by atoms with van der Waals surface area (Å²) in [6, 6.07) is 2.61. The van der Waals surface area contributed by atoms with Gasteiger partial charge in [-0.3, -0.25) is 4.79 Å². The van der Waals surface area contributed by atoms with Gasteiger partial charge in [0.15, 0.2) is 5.96 Å². The molecule has 1 aromatic carbocycles. The van der Waals surface area contributed by atoms with Crippen molar-refractivity contribution in [1.29, 1.82) is 0 Å². The van der Waals surface area contributed by atoms with Crippen LogP contribution in [0.1, 0.15) is 21.6 Å². The molecule has 0 saturated heterocycles. The van der Waals surface area contributed by atoms with Crippen LogP contribution >= 0.6 is 7.60 Å². The van der Waals surface area contributed by atoms with Crippen LogP contribution in [-0.4, -0.2) is 16.4 Å². The van der Waals surface area contributed by atoms with Crippen molar-refractivity contribution < 1.29 is 32.3 Å². The fourth-order valence-electron chi connectivity index (χ4n) is 2.42. The van der Waals surface area contributed by atoms with Gasteiger partial charge in [-0.05, 0) is 23.8 Å². The quantitative estimate of drug-likeness (QED) is 0.438. The van der Waals surface area contributed by atoms with E-state index in [1.165, 1.54) is 7.05 Å². The summed E-state index contributed by atoms with van der Waals surface area (Å²) < 4.78 is 51.9. The first-order valence-electron chi connectivity index (χ1n) is 6.64. The van der Waals surface area contributed by atoms with Crippen molar-refractivity contribution in [2.24, 2.45) is 23.5 Å². The molecule has 136 valence electrons. The zero-order valence-electron chi connectivity index (χ0n) is 12.7. The third-order valence-corrected chi connectivity index (χ3v) is 4.11. The molecule has 0 atom stereocenters. The number of aromatic nitrogens is 1. The first-order valence-corrected chi connectivity index (χ1v) is 8.37. The molecule has 0 bridgehead atoms. The molecule has 25 heavy (non-hydrogen) atoms. The molecule has 4 N–H and O–H groups in total. The molecule has 0 radical (unpaired) electrons. The Bertz CT molecular complexity index is 925. The summed E-state index contributed by atoms with van der Waals surface area (Å²) in [6.45, 7) is 0. The summed E-state index contributed by atoms with van der Waals surface area (Å²) in [7, 11) is -3.80. The van der Waals surface area contributed by atoms with Crippen LogP contribution in [0.15, 0.2) is 23.2 Å². The van der Waals surface area contributed by atoms with E-state index in [2.05, 4.69) is 4.99 Å². The molecule has 8 nitrogen and oxygen atoms in total. The highest BCUT2D eigenvalue weighted by molar-refractivity contribution is 7.47. The number of benzene rings is 1. The largest absolute Gasteiger partial charge is 0.810 e. The molecular formula is C13H12F3N4O4P-2. The van der Waals surface area contributed by atoms with Crippen LogP contribution in [0.4, 0.5) is 13.2 Å². The van der Waals surface area contributed by atoms with Gasteiger partial charge >= 0.3 is 6.18 Å². The van der Waals surface area contributed by atoms with Gasteiger partial charge in [0.1, 0.15) is 5.69 Å². The van der Waals surface area contributed by atoms with Crippen LogP contribution in [0.5, 0.6) is 0 Å². The number of aliphatic imine (C=N–C) groups is 1. The normalized spacial score (nSPS) is 12.4. The number of nitrogens with zero attached hydrogens (tertiary/aromatic N) is 2. The van der Waals surface area contributed by atoms with E-state index in [4.69, 9.17) is 11.5 Å². The number of carbonyl (C=O) groups is 1. The number of amides is 1. The second-order valence-electron chi connectivity index (χ2n) is 5.27. The Balaban J connectivity index is 2.77. The van der Waals surface area contributed by atoms with Crippen LogP contribution in [-0.2, 0) is 24.0 Å². The van der Waals surface area contributed by atoms with E-state index in [1.807, 2.05) is 0 Å². The highest BCUT2D eigenvalue weighted by Gasteiger charge is 2.34. The fourth-order valence-corrected chi connectivity index (χ4v) is 3.05. The Morgan fingerprint density at radius 2 is 1.88 bits per heavy atom. The number of carbonyl (C=O) groups excluding carboxylic acids is 1. The number of nitrogens with two attached hydrogens (primary N) is 2. The zero-order chi connectivity index (χ0) is 19.2. The number of aryl methyl sites for hydroxylation is 1.